The number of benzene rings is 4. The van der Waals surface area contributed by atoms with Crippen molar-refractivity contribution < 1.29 is 0 Å². The van der Waals surface area contributed by atoms with Crippen LogP contribution in [0, 0.1) is 0 Å². The first kappa shape index (κ1) is 23.7. The number of unbranched alkanes of at least 4 members (excludes halogenated alkanes) is 2. The van der Waals surface area contributed by atoms with Crippen LogP contribution >= 0.6 is 7.92 Å². The average Bonchev–Trinajstić information content (AvgIpc) is 2.89. The minimum absolute atomic E-state index is 0.278. The second-order valence-electron chi connectivity index (χ2n) is 8.09. The van der Waals surface area contributed by atoms with Gasteiger partial charge >= 0.3 is 207 Å². The van der Waals surface area contributed by atoms with Gasteiger partial charge in [0.2, 0.25) is 0 Å². The molecule has 0 aliphatic heterocycles. The number of hydrogen-bond donors (Lipinski definition) is 0. The van der Waals surface area contributed by atoms with Gasteiger partial charge < -0.3 is 0 Å². The normalized spacial score (nSPS) is 11.6. The molecule has 166 valence electrons. The SMILES string of the molecule is CCCCCc1ccc(/C(=C\[Se]c2ccccc2)P(c2ccccc2)c2ccccc2)cc1. The molecule has 0 bridgehead atoms. The molecule has 0 fully saturated rings. The molecule has 4 aromatic rings. The van der Waals surface area contributed by atoms with Gasteiger partial charge in [0, 0.05) is 0 Å². The number of aryl methyl sites for hydroxylation is 1. The van der Waals surface area contributed by atoms with Crippen LogP contribution < -0.4 is 15.1 Å². The molecule has 0 unspecified atom stereocenters. The molecule has 0 saturated carbocycles. The molecule has 33 heavy (non-hydrogen) atoms. The van der Waals surface area contributed by atoms with Gasteiger partial charge in [-0.3, -0.25) is 0 Å². The predicted octanol–water partition coefficient (Wildman–Crippen LogP) is 6.88. The van der Waals surface area contributed by atoms with E-state index in [2.05, 4.69) is 127 Å². The van der Waals surface area contributed by atoms with E-state index in [1.165, 1.54) is 57.2 Å². The van der Waals surface area contributed by atoms with Crippen molar-refractivity contribution in [2.75, 3.05) is 0 Å². The molecule has 0 radical (unpaired) electrons. The van der Waals surface area contributed by atoms with E-state index < -0.39 is 7.92 Å². The van der Waals surface area contributed by atoms with Crippen LogP contribution in [0.5, 0.6) is 0 Å². The summed E-state index contributed by atoms with van der Waals surface area (Å²) in [5.74, 6) is 0. The van der Waals surface area contributed by atoms with E-state index in [4.69, 9.17) is 0 Å². The van der Waals surface area contributed by atoms with Gasteiger partial charge in [0.15, 0.2) is 0 Å². The Hall–Kier alpha value is -2.43. The van der Waals surface area contributed by atoms with Crippen LogP contribution in [0.3, 0.4) is 0 Å². The van der Waals surface area contributed by atoms with E-state index in [1.54, 1.807) is 0 Å². The molecule has 4 aromatic carbocycles. The van der Waals surface area contributed by atoms with E-state index in [0.717, 1.165) is 0 Å². The number of rotatable bonds is 10. The summed E-state index contributed by atoms with van der Waals surface area (Å²) in [6, 6.07) is 42.4. The van der Waals surface area contributed by atoms with Crippen molar-refractivity contribution in [2.24, 2.45) is 0 Å². The second kappa shape index (κ2) is 12.7. The van der Waals surface area contributed by atoms with Crippen LogP contribution in [0.15, 0.2) is 120 Å². The standard InChI is InChI=1S/C31H31PSe/c1-2-3-7-14-26-21-23-27(24-22-26)31(25-33-30-19-12-6-13-20-30)32(28-15-8-4-9-16-28)29-17-10-5-11-18-29/h4-6,8-13,15-25H,2-3,7,14H2,1H3/b31-25+. The Bertz CT molecular complexity index is 1080. The molecule has 2 heteroatoms. The van der Waals surface area contributed by atoms with Gasteiger partial charge in [0.25, 0.3) is 0 Å². The Balaban J connectivity index is 1.75. The summed E-state index contributed by atoms with van der Waals surface area (Å²) in [5, 5.41) is 4.27. The third-order valence-corrected chi connectivity index (χ3v) is 10.4. The van der Waals surface area contributed by atoms with Crippen molar-refractivity contribution in [2.45, 2.75) is 32.6 Å². The molecular formula is C31H31PSe. The van der Waals surface area contributed by atoms with E-state index in [1.807, 2.05) is 0 Å². The van der Waals surface area contributed by atoms with Crippen LogP contribution in [-0.4, -0.2) is 15.0 Å². The molecule has 0 aromatic heterocycles. The van der Waals surface area contributed by atoms with E-state index in [9.17, 15) is 0 Å². The Morgan fingerprint density at radius 3 is 1.76 bits per heavy atom. The van der Waals surface area contributed by atoms with Gasteiger partial charge in [0.05, 0.1) is 0 Å². The summed E-state index contributed by atoms with van der Waals surface area (Å²) in [6.45, 7) is 2.27. The van der Waals surface area contributed by atoms with Crippen molar-refractivity contribution in [1.82, 2.24) is 0 Å². The fourth-order valence-electron chi connectivity index (χ4n) is 3.88. The Morgan fingerprint density at radius 2 is 1.21 bits per heavy atom. The summed E-state index contributed by atoms with van der Waals surface area (Å²) in [7, 11) is -0.633. The molecule has 4 rings (SSSR count). The van der Waals surface area contributed by atoms with Crippen molar-refractivity contribution in [3.05, 3.63) is 131 Å². The van der Waals surface area contributed by atoms with Gasteiger partial charge in [-0.25, -0.2) is 0 Å². The Morgan fingerprint density at radius 1 is 0.667 bits per heavy atom. The first-order valence-electron chi connectivity index (χ1n) is 11.8. The minimum atomic E-state index is -0.633. The zero-order valence-corrected chi connectivity index (χ0v) is 21.8. The summed E-state index contributed by atoms with van der Waals surface area (Å²) < 4.78 is 1.41. The summed E-state index contributed by atoms with van der Waals surface area (Å²) in [6.07, 6.45) is 5.02. The quantitative estimate of drug-likeness (QED) is 0.123. The van der Waals surface area contributed by atoms with E-state index in [0.29, 0.717) is 0 Å². The fraction of sp³-hybridized carbons (Fsp3) is 0.161. The zero-order chi connectivity index (χ0) is 22.7. The van der Waals surface area contributed by atoms with Crippen LogP contribution in [0.4, 0.5) is 0 Å². The zero-order valence-electron chi connectivity index (χ0n) is 19.2. The first-order chi connectivity index (χ1) is 16.3. The third kappa shape index (κ3) is 6.78. The molecule has 0 nitrogen and oxygen atoms in total. The van der Waals surface area contributed by atoms with Crippen LogP contribution in [0.2, 0.25) is 0 Å². The van der Waals surface area contributed by atoms with Crippen LogP contribution in [0.1, 0.15) is 37.3 Å². The predicted molar refractivity (Wildman–Crippen MR) is 149 cm³/mol. The summed E-state index contributed by atoms with van der Waals surface area (Å²) in [4.78, 5) is 2.53. The first-order valence-corrected chi connectivity index (χ1v) is 15.0. The maximum absolute atomic E-state index is 2.53. The summed E-state index contributed by atoms with van der Waals surface area (Å²) in [5.41, 5.74) is 2.80. The maximum atomic E-state index is 2.53. The van der Waals surface area contributed by atoms with Gasteiger partial charge in [-0.1, -0.05) is 0 Å². The third-order valence-electron chi connectivity index (χ3n) is 5.64. The molecule has 0 aliphatic rings. The van der Waals surface area contributed by atoms with Crippen molar-refractivity contribution in [1.29, 1.82) is 0 Å². The van der Waals surface area contributed by atoms with Gasteiger partial charge in [0.1, 0.15) is 0 Å². The Kier molecular flexibility index (Phi) is 9.14. The molecular weight excluding hydrogens is 482 g/mol. The van der Waals surface area contributed by atoms with Crippen molar-refractivity contribution >= 4 is 43.3 Å². The van der Waals surface area contributed by atoms with Crippen molar-refractivity contribution in [3.63, 3.8) is 0 Å². The van der Waals surface area contributed by atoms with Gasteiger partial charge in [-0.2, -0.15) is 0 Å². The van der Waals surface area contributed by atoms with Crippen molar-refractivity contribution in [3.8, 4) is 0 Å². The van der Waals surface area contributed by atoms with Gasteiger partial charge in [-0.15, -0.1) is 0 Å². The molecule has 0 spiro atoms. The Labute approximate surface area is 206 Å². The topological polar surface area (TPSA) is 0 Å². The fourth-order valence-corrected chi connectivity index (χ4v) is 8.59. The molecule has 0 heterocycles. The number of hydrogen-bond acceptors (Lipinski definition) is 0. The van der Waals surface area contributed by atoms with E-state index in [-0.39, 0.29) is 15.0 Å². The average molecular weight is 514 g/mol. The van der Waals surface area contributed by atoms with Crippen LogP contribution in [-0.2, 0) is 6.42 Å². The van der Waals surface area contributed by atoms with E-state index >= 15 is 0 Å². The molecule has 0 saturated heterocycles. The second-order valence-corrected chi connectivity index (χ2v) is 12.3. The molecule has 0 N–H and O–H groups in total. The molecule has 0 amide bonds. The summed E-state index contributed by atoms with van der Waals surface area (Å²) >= 11 is 0.278. The van der Waals surface area contributed by atoms with Crippen LogP contribution in [0.25, 0.3) is 5.31 Å². The van der Waals surface area contributed by atoms with Gasteiger partial charge in [-0.05, 0) is 0 Å². The molecule has 0 atom stereocenters. The monoisotopic (exact) mass is 514 g/mol. The molecule has 0 aliphatic carbocycles.